The molecule has 1 aliphatic carbocycles. The molecule has 2 atom stereocenters. The molecule has 3 aromatic rings. The Balaban J connectivity index is 0.000000643. The standard InChI is InChI=1S/C28H28ClFN4O3.C16H33NO.C4H10O.C2H6/c1-15-22(33-27(36)20(12-13-31)26(35)32-2)11-10-21(30)24(15)19-9-5-8-18(25(19)29)23-14-16-6-4-7-17(16)28(34-23)37-3;1-7-13(5)11-12-16(9-3,10-4)17-15(18)14(6)8-2;1-3-4-5-2;1-2/h5,8-12,14H,4,6-7,13,31H2,1-3H3,(H,32,35)(H,33,36);13-14H,7-12H2,1-6H3,(H,17,18);3-4H2,1-2H3;1-2H3/b20-12+;;;. The van der Waals surface area contributed by atoms with Crippen molar-refractivity contribution in [2.45, 2.75) is 139 Å². The molecular formula is C50H77ClFN5O5. The number of hydrogen-bond acceptors (Lipinski definition) is 7. The molecule has 2 aromatic carbocycles. The second-order valence-corrected chi connectivity index (χ2v) is 15.9. The molecular weight excluding hydrogens is 805 g/mol. The monoisotopic (exact) mass is 882 g/mol. The van der Waals surface area contributed by atoms with Crippen LogP contribution in [-0.2, 0) is 32.0 Å². The number of anilines is 1. The van der Waals surface area contributed by atoms with Crippen molar-refractivity contribution in [1.82, 2.24) is 15.6 Å². The highest BCUT2D eigenvalue weighted by molar-refractivity contribution is 6.36. The van der Waals surface area contributed by atoms with Gasteiger partial charge < -0.3 is 31.2 Å². The highest BCUT2D eigenvalue weighted by Crippen LogP contribution is 2.42. The first-order valence-corrected chi connectivity index (χ1v) is 22.9. The van der Waals surface area contributed by atoms with E-state index in [0.29, 0.717) is 39.0 Å². The Morgan fingerprint density at radius 1 is 0.984 bits per heavy atom. The summed E-state index contributed by atoms with van der Waals surface area (Å²) in [7, 11) is 4.73. The van der Waals surface area contributed by atoms with Gasteiger partial charge in [0, 0.05) is 66.7 Å². The minimum atomic E-state index is -0.653. The van der Waals surface area contributed by atoms with Crippen molar-refractivity contribution in [1.29, 1.82) is 0 Å². The van der Waals surface area contributed by atoms with E-state index in [1.54, 1.807) is 33.3 Å². The van der Waals surface area contributed by atoms with Gasteiger partial charge in [-0.3, -0.25) is 14.4 Å². The maximum Gasteiger partial charge on any atom is 0.260 e. The zero-order valence-electron chi connectivity index (χ0n) is 40.0. The van der Waals surface area contributed by atoms with Crippen LogP contribution in [0.25, 0.3) is 22.4 Å². The summed E-state index contributed by atoms with van der Waals surface area (Å²) < 4.78 is 25.5. The van der Waals surface area contributed by atoms with Gasteiger partial charge in [-0.15, -0.1) is 0 Å². The summed E-state index contributed by atoms with van der Waals surface area (Å²) in [6, 6.07) is 10.1. The lowest BCUT2D eigenvalue weighted by molar-refractivity contribution is -0.127. The molecule has 1 aromatic heterocycles. The molecule has 0 aliphatic heterocycles. The zero-order chi connectivity index (χ0) is 47.0. The van der Waals surface area contributed by atoms with Gasteiger partial charge in [-0.2, -0.15) is 0 Å². The first-order chi connectivity index (χ1) is 29.7. The molecule has 0 bridgehead atoms. The number of ether oxygens (including phenoxy) is 2. The molecule has 10 nitrogen and oxygen atoms in total. The number of rotatable bonds is 18. The fraction of sp³-hybridized carbons (Fsp3) is 0.560. The quantitative estimate of drug-likeness (QED) is 0.0565. The Hall–Kier alpha value is -4.32. The number of hydrogen-bond donors (Lipinski definition) is 4. The number of carbonyl (C=O) groups excluding carboxylic acids is 3. The van der Waals surface area contributed by atoms with Crippen molar-refractivity contribution >= 4 is 35.0 Å². The van der Waals surface area contributed by atoms with E-state index in [1.807, 2.05) is 32.9 Å². The van der Waals surface area contributed by atoms with Crippen LogP contribution in [-0.4, -0.2) is 62.7 Å². The minimum Gasteiger partial charge on any atom is -0.481 e. The molecule has 0 radical (unpaired) electrons. The second kappa shape index (κ2) is 29.1. The van der Waals surface area contributed by atoms with Crippen molar-refractivity contribution in [2.75, 3.05) is 39.7 Å². The van der Waals surface area contributed by atoms with Crippen LogP contribution < -0.4 is 26.4 Å². The number of aromatic nitrogens is 1. The van der Waals surface area contributed by atoms with Gasteiger partial charge in [-0.05, 0) is 100.0 Å². The number of likely N-dealkylation sites (N-methyl/N-ethyl adjacent to an activating group) is 1. The van der Waals surface area contributed by atoms with E-state index >= 15 is 4.39 Å². The van der Waals surface area contributed by atoms with E-state index in [9.17, 15) is 14.4 Å². The first-order valence-electron chi connectivity index (χ1n) is 22.6. The predicted octanol–water partition coefficient (Wildman–Crippen LogP) is 11.2. The molecule has 0 saturated heterocycles. The lowest BCUT2D eigenvalue weighted by Gasteiger charge is -2.35. The SMILES string of the molecule is CC.CCC(C)CCC(CC)(CC)NC(=O)C(C)CC.CCCOC.CNC(=O)/C(=C\CN)C(=O)Nc1ccc(F)c(-c2cccc(-c3cc4c(c(OC)n3)CCC4)c2Cl)c1C. The van der Waals surface area contributed by atoms with E-state index in [2.05, 4.69) is 62.5 Å². The second-order valence-electron chi connectivity index (χ2n) is 15.5. The average molecular weight is 883 g/mol. The molecule has 4 rings (SSSR count). The molecule has 0 saturated carbocycles. The molecule has 62 heavy (non-hydrogen) atoms. The Morgan fingerprint density at radius 2 is 1.65 bits per heavy atom. The Labute approximate surface area is 377 Å². The maximum absolute atomic E-state index is 15.2. The molecule has 0 fully saturated rings. The lowest BCUT2D eigenvalue weighted by Crippen LogP contribution is -2.49. The Kier molecular flexibility index (Phi) is 26.2. The third-order valence-corrected chi connectivity index (χ3v) is 11.9. The van der Waals surface area contributed by atoms with Gasteiger partial charge >= 0.3 is 0 Å². The number of amides is 3. The fourth-order valence-corrected chi connectivity index (χ4v) is 7.31. The number of pyridine rings is 1. The molecule has 12 heteroatoms. The van der Waals surface area contributed by atoms with Crippen LogP contribution in [0.5, 0.6) is 5.88 Å². The minimum absolute atomic E-state index is 0.00768. The molecule has 1 aliphatic rings. The Morgan fingerprint density at radius 3 is 2.18 bits per heavy atom. The number of aryl methyl sites for hydroxylation is 1. The molecule has 2 unspecified atom stereocenters. The van der Waals surface area contributed by atoms with E-state index in [4.69, 9.17) is 26.8 Å². The third-order valence-electron chi connectivity index (χ3n) is 11.5. The highest BCUT2D eigenvalue weighted by atomic mass is 35.5. The summed E-state index contributed by atoms with van der Waals surface area (Å²) in [6.07, 6.45) is 11.9. The molecule has 5 N–H and O–H groups in total. The van der Waals surface area contributed by atoms with Crippen LogP contribution >= 0.6 is 11.6 Å². The molecule has 0 spiro atoms. The number of benzene rings is 2. The summed E-state index contributed by atoms with van der Waals surface area (Å²) in [5, 5.41) is 8.76. The van der Waals surface area contributed by atoms with Gasteiger partial charge in [0.1, 0.15) is 11.4 Å². The zero-order valence-corrected chi connectivity index (χ0v) is 40.8. The topological polar surface area (TPSA) is 145 Å². The smallest absolute Gasteiger partial charge is 0.260 e. The van der Waals surface area contributed by atoms with Gasteiger partial charge in [-0.25, -0.2) is 9.37 Å². The number of nitrogens with two attached hydrogens (primary N) is 1. The van der Waals surface area contributed by atoms with Gasteiger partial charge in [0.2, 0.25) is 11.8 Å². The van der Waals surface area contributed by atoms with E-state index < -0.39 is 17.6 Å². The van der Waals surface area contributed by atoms with Gasteiger partial charge in [-0.1, -0.05) is 105 Å². The maximum atomic E-state index is 15.2. The van der Waals surface area contributed by atoms with Crippen LogP contribution in [0.4, 0.5) is 10.1 Å². The first kappa shape index (κ1) is 55.7. The van der Waals surface area contributed by atoms with Crippen molar-refractivity contribution in [3.63, 3.8) is 0 Å². The van der Waals surface area contributed by atoms with Crippen LogP contribution in [0.1, 0.15) is 130 Å². The van der Waals surface area contributed by atoms with Crippen LogP contribution in [0, 0.1) is 24.6 Å². The molecule has 346 valence electrons. The van der Waals surface area contributed by atoms with Crippen molar-refractivity contribution in [3.05, 3.63) is 75.6 Å². The summed E-state index contributed by atoms with van der Waals surface area (Å²) >= 11 is 6.87. The average Bonchev–Trinajstić information content (AvgIpc) is 3.78. The summed E-state index contributed by atoms with van der Waals surface area (Å²) in [6.45, 7) is 21.7. The van der Waals surface area contributed by atoms with Crippen molar-refractivity contribution in [3.8, 4) is 28.3 Å². The summed E-state index contributed by atoms with van der Waals surface area (Å²) in [5.41, 5.74) is 10.5. The highest BCUT2D eigenvalue weighted by Gasteiger charge is 2.29. The van der Waals surface area contributed by atoms with Crippen LogP contribution in [0.3, 0.4) is 0 Å². The van der Waals surface area contributed by atoms with Crippen molar-refractivity contribution in [2.24, 2.45) is 17.6 Å². The number of halogens is 2. The number of fused-ring (bicyclic) bond motifs is 1. The van der Waals surface area contributed by atoms with Gasteiger partial charge in [0.25, 0.3) is 11.8 Å². The van der Waals surface area contributed by atoms with Gasteiger partial charge in [0.05, 0.1) is 17.8 Å². The van der Waals surface area contributed by atoms with Crippen molar-refractivity contribution < 1.29 is 28.2 Å². The van der Waals surface area contributed by atoms with E-state index in [0.717, 1.165) is 69.5 Å². The third kappa shape index (κ3) is 15.8. The van der Waals surface area contributed by atoms with Crippen LogP contribution in [0.15, 0.2) is 48.0 Å². The van der Waals surface area contributed by atoms with Gasteiger partial charge in [0.15, 0.2) is 0 Å². The number of methoxy groups -OCH3 is 2. The summed E-state index contributed by atoms with van der Waals surface area (Å²) in [5.74, 6) is -0.0378. The predicted molar refractivity (Wildman–Crippen MR) is 256 cm³/mol. The Bertz CT molecular complexity index is 1900. The molecule has 1 heterocycles. The largest absolute Gasteiger partial charge is 0.481 e. The number of nitrogens with one attached hydrogen (secondary N) is 3. The van der Waals surface area contributed by atoms with Crippen LogP contribution in [0.2, 0.25) is 5.02 Å². The van der Waals surface area contributed by atoms with E-state index in [1.165, 1.54) is 43.7 Å². The number of carbonyl (C=O) groups is 3. The lowest BCUT2D eigenvalue weighted by atomic mass is 9.84. The fourth-order valence-electron chi connectivity index (χ4n) is 6.99. The number of nitrogens with zero attached hydrogens (tertiary/aromatic N) is 1. The normalized spacial score (nSPS) is 12.8. The van der Waals surface area contributed by atoms with E-state index in [-0.39, 0.29) is 35.0 Å². The molecule has 3 amide bonds. The summed E-state index contributed by atoms with van der Waals surface area (Å²) in [4.78, 5) is 41.7.